The van der Waals surface area contributed by atoms with Crippen molar-refractivity contribution in [3.05, 3.63) is 250 Å². The molecule has 0 bridgehead atoms. The van der Waals surface area contributed by atoms with Gasteiger partial charge in [0.15, 0.2) is 45.8 Å². The van der Waals surface area contributed by atoms with Crippen LogP contribution in [0.5, 0.6) is 23.0 Å². The molecule has 4 aromatic heterocycles. The lowest BCUT2D eigenvalue weighted by Gasteiger charge is -2.34. The van der Waals surface area contributed by atoms with Gasteiger partial charge in [0, 0.05) is 125 Å². The Bertz CT molecular complexity index is 6410. The first-order chi connectivity index (χ1) is 65.7. The van der Waals surface area contributed by atoms with Gasteiger partial charge < -0.3 is 79.6 Å². The molecule has 0 fully saturated rings. The lowest BCUT2D eigenvalue weighted by atomic mass is 10.0. The molecule has 12 heterocycles. The number of amides is 8. The Morgan fingerprint density at radius 3 is 0.650 bits per heavy atom. The van der Waals surface area contributed by atoms with E-state index in [0.717, 1.165) is 73.6 Å². The minimum atomic E-state index is -3.79. The van der Waals surface area contributed by atoms with Crippen molar-refractivity contribution in [2.75, 3.05) is 77.4 Å². The molecule has 52 heteroatoms. The van der Waals surface area contributed by atoms with Gasteiger partial charge in [-0.25, -0.2) is 87.7 Å². The zero-order valence-corrected chi connectivity index (χ0v) is 79.1. The zero-order chi connectivity index (χ0) is 103. The molecule has 8 aliphatic heterocycles. The second-order valence-electron chi connectivity index (χ2n) is 34.6. The van der Waals surface area contributed by atoms with Gasteiger partial charge >= 0.3 is 0 Å². The maximum atomic E-state index is 14.0. The number of pyridine rings is 4. The van der Waals surface area contributed by atoms with Gasteiger partial charge in [-0.3, -0.25) is 57.5 Å². The predicted molar refractivity (Wildman–Crippen MR) is 482 cm³/mol. The SMILES string of the molecule is CCCN1CC2CC(NS(C)(=O)=O)c3c(C(=O)NCc4ccc(F)cc4F)c(=O)c(O)c(n32)C1=O.CCCN1CC2CC(NS(C)(=O)=O)c3c(C(=O)NCc4ccc(F)cc4F)c(=O)c(O)c(n32)C1=O.CCCN1CC2CC(NS(C)(=O)=O)c3c(C(=O)NCc4ccc(F)cc4F)c(=O)c(O)c(n32)C1=O.CCCN1CC2CC(NS(C)(=O)=O)c3c(C(=O)NCc4ccc(F)cc4F)c(=O)c(O)c(n32)C1=O. The Kier molecular flexibility index (Phi) is 30.4. The topological polar surface area (TPSA) is 551 Å². The van der Waals surface area contributed by atoms with E-state index in [2.05, 4.69) is 40.2 Å². The lowest BCUT2D eigenvalue weighted by molar-refractivity contribution is 0.0658. The number of hydrogen-bond acceptors (Lipinski definition) is 24. The molecule has 8 aromatic rings. The fourth-order valence-corrected chi connectivity index (χ4v) is 21.8. The van der Waals surface area contributed by atoms with Crippen molar-refractivity contribution in [1.29, 1.82) is 0 Å². The zero-order valence-electron chi connectivity index (χ0n) is 75.9. The first-order valence-corrected chi connectivity index (χ1v) is 51.3. The largest absolute Gasteiger partial charge is 0.503 e. The number of sulfonamides is 4. The molecule has 40 nitrogen and oxygen atoms in total. The molecule has 8 amide bonds. The van der Waals surface area contributed by atoms with E-state index in [1.807, 2.05) is 27.7 Å². The molecule has 4 aromatic carbocycles. The van der Waals surface area contributed by atoms with Crippen molar-refractivity contribution < 1.29 is 128 Å². The van der Waals surface area contributed by atoms with Crippen molar-refractivity contribution in [2.45, 2.75) is 154 Å². The van der Waals surface area contributed by atoms with Gasteiger partial charge in [0.1, 0.15) is 68.8 Å². The maximum absolute atomic E-state index is 14.0. The van der Waals surface area contributed by atoms with E-state index >= 15 is 0 Å². The normalized spacial score (nSPS) is 19.1. The second kappa shape index (κ2) is 40.9. The molecule has 0 aliphatic carbocycles. The van der Waals surface area contributed by atoms with Crippen LogP contribution in [0, 0.1) is 46.5 Å². The average Bonchev–Trinajstić information content (AvgIpc) is 1.56. The molecular weight excluding hydrogens is 1950 g/mol. The van der Waals surface area contributed by atoms with Crippen LogP contribution in [0.4, 0.5) is 35.1 Å². The van der Waals surface area contributed by atoms with E-state index in [9.17, 15) is 147 Å². The summed E-state index contributed by atoms with van der Waals surface area (Å²) in [6.07, 6.45) is 6.78. The molecule has 0 radical (unpaired) electrons. The third kappa shape index (κ3) is 21.4. The summed E-state index contributed by atoms with van der Waals surface area (Å²) in [5, 5.41) is 52.2. The molecule has 0 saturated carbocycles. The summed E-state index contributed by atoms with van der Waals surface area (Å²) in [7, 11) is -15.1. The maximum Gasteiger partial charge on any atom is 0.274 e. The molecule has 12 N–H and O–H groups in total. The van der Waals surface area contributed by atoms with E-state index < -0.39 is 275 Å². The molecule has 8 atom stereocenters. The van der Waals surface area contributed by atoms with E-state index in [0.29, 0.717) is 76.1 Å². The van der Waals surface area contributed by atoms with Crippen molar-refractivity contribution in [3.63, 3.8) is 0 Å². The molecule has 8 aliphatic rings. The minimum Gasteiger partial charge on any atom is -0.503 e. The van der Waals surface area contributed by atoms with E-state index in [1.54, 1.807) is 0 Å². The number of nitrogens with one attached hydrogen (secondary N) is 8. The van der Waals surface area contributed by atoms with Crippen LogP contribution in [0.2, 0.25) is 0 Å². The monoisotopic (exact) mass is 2040 g/mol. The molecule has 0 spiro atoms. The number of aromatic hydroxyl groups is 4. The second-order valence-corrected chi connectivity index (χ2v) is 41.8. The Balaban J connectivity index is 0.000000157. The predicted octanol–water partition coefficient (Wildman–Crippen LogP) is 4.65. The van der Waals surface area contributed by atoms with Crippen LogP contribution in [-0.2, 0) is 66.3 Å². The highest BCUT2D eigenvalue weighted by Crippen LogP contribution is 2.48. The smallest absolute Gasteiger partial charge is 0.274 e. The third-order valence-corrected chi connectivity index (χ3v) is 27.2. The molecule has 8 unspecified atom stereocenters. The average molecular weight is 2040 g/mol. The quantitative estimate of drug-likeness (QED) is 0.0297. The number of carbonyl (C=O) groups excluding carboxylic acids is 8. The van der Waals surface area contributed by atoms with Crippen molar-refractivity contribution in [1.82, 2.24) is 78.0 Å². The minimum absolute atomic E-state index is 0.0419. The van der Waals surface area contributed by atoms with Gasteiger partial charge in [-0.2, -0.15) is 0 Å². The molecule has 140 heavy (non-hydrogen) atoms. The number of aromatic nitrogens is 4. The number of halogens is 8. The highest BCUT2D eigenvalue weighted by Gasteiger charge is 2.52. The standard InChI is InChI=1S/4C22H24F2N4O6S/c4*1-3-6-27-10-13-8-15(26-35(2,33)34)17-16(19(29)20(30)18(22(27)32)28(13)17)21(31)25-9-11-4-5-12(23)7-14(11)24/h4*4-5,7,13,15,26,30H,3,6,8-10H2,1-2H3,(H,25,31). The van der Waals surface area contributed by atoms with Gasteiger partial charge in [0.05, 0.1) is 96.1 Å². The number of hydrogen-bond donors (Lipinski definition) is 12. The third-order valence-electron chi connectivity index (χ3n) is 24.3. The van der Waals surface area contributed by atoms with Crippen LogP contribution in [0.15, 0.2) is 92.0 Å². The Morgan fingerprint density at radius 1 is 0.314 bits per heavy atom. The molecule has 0 saturated heterocycles. The summed E-state index contributed by atoms with van der Waals surface area (Å²) >= 11 is 0. The van der Waals surface area contributed by atoms with E-state index in [4.69, 9.17) is 0 Å². The Hall–Kier alpha value is -13.3. The van der Waals surface area contributed by atoms with E-state index in [-0.39, 0.29) is 120 Å². The van der Waals surface area contributed by atoms with Gasteiger partial charge in [-0.15, -0.1) is 0 Å². The van der Waals surface area contributed by atoms with Crippen LogP contribution >= 0.6 is 0 Å². The van der Waals surface area contributed by atoms with Crippen LogP contribution in [0.3, 0.4) is 0 Å². The number of benzene rings is 4. The van der Waals surface area contributed by atoms with Crippen LogP contribution < -0.4 is 61.9 Å². The van der Waals surface area contributed by atoms with Crippen LogP contribution in [0.25, 0.3) is 0 Å². The summed E-state index contributed by atoms with van der Waals surface area (Å²) in [5.74, 6) is -16.9. The van der Waals surface area contributed by atoms with Crippen LogP contribution in [-0.4, -0.2) is 217 Å². The number of nitrogens with zero attached hydrogens (tertiary/aromatic N) is 8. The number of rotatable bonds is 28. The number of carbonyl (C=O) groups is 8. The Morgan fingerprint density at radius 2 is 0.493 bits per heavy atom. The van der Waals surface area contributed by atoms with Gasteiger partial charge in [0.25, 0.3) is 47.3 Å². The van der Waals surface area contributed by atoms with Crippen molar-refractivity contribution >= 4 is 87.4 Å². The van der Waals surface area contributed by atoms with E-state index in [1.165, 1.54) is 37.9 Å². The lowest BCUT2D eigenvalue weighted by Crippen LogP contribution is -2.44. The van der Waals surface area contributed by atoms with Crippen molar-refractivity contribution in [3.8, 4) is 23.0 Å². The summed E-state index contributed by atoms with van der Waals surface area (Å²) in [5.41, 5.74) is -8.31. The summed E-state index contributed by atoms with van der Waals surface area (Å²) in [4.78, 5) is 163. The fourth-order valence-electron chi connectivity index (χ4n) is 18.9. The highest BCUT2D eigenvalue weighted by atomic mass is 32.2. The first-order valence-electron chi connectivity index (χ1n) is 43.7. The first kappa shape index (κ1) is 104. The van der Waals surface area contributed by atoms with Gasteiger partial charge in [-0.1, -0.05) is 52.0 Å². The summed E-state index contributed by atoms with van der Waals surface area (Å²) in [6, 6.07) is 5.12. The molecule has 16 rings (SSSR count). The van der Waals surface area contributed by atoms with Gasteiger partial charge in [-0.05, 0) is 75.6 Å². The summed E-state index contributed by atoms with van der Waals surface area (Å²) in [6.45, 7) is 8.15. The fraction of sp³-hybridized carbons (Fsp3) is 0.409. The van der Waals surface area contributed by atoms with Crippen LogP contribution in [0.1, 0.15) is 256 Å². The summed E-state index contributed by atoms with van der Waals surface area (Å²) < 4.78 is 220. The molecule has 752 valence electrons. The van der Waals surface area contributed by atoms with Crippen molar-refractivity contribution in [2.24, 2.45) is 0 Å². The highest BCUT2D eigenvalue weighted by molar-refractivity contribution is 7.89. The van der Waals surface area contributed by atoms with Gasteiger partial charge in [0.2, 0.25) is 61.8 Å². The molecular formula is C88H96F8N16O24S4. The Labute approximate surface area is 792 Å².